The molecule has 3 aromatic rings. The molecule has 12 nitrogen and oxygen atoms in total. The lowest BCUT2D eigenvalue weighted by molar-refractivity contribution is 0.388. The molecule has 0 amide bonds. The number of anilines is 2. The van der Waals surface area contributed by atoms with Crippen LogP contribution in [0.25, 0.3) is 5.95 Å². The second-order valence-electron chi connectivity index (χ2n) is 3.85. The Bertz CT molecular complexity index is 721. The number of nitrogen functional groups attached to an aromatic ring is 1. The molecule has 0 saturated carbocycles. The number of nitrogens with zero attached hydrogens (tertiary/aromatic N) is 8. The lowest BCUT2D eigenvalue weighted by Gasteiger charge is -2.06. The summed E-state index contributed by atoms with van der Waals surface area (Å²) in [7, 11) is 0. The van der Waals surface area contributed by atoms with E-state index >= 15 is 0 Å². The van der Waals surface area contributed by atoms with Gasteiger partial charge >= 0.3 is 0 Å². The number of hydrogen-bond acceptors (Lipinski definition) is 11. The average Bonchev–Trinajstić information content (AvgIpc) is 3.16. The largest absolute Gasteiger partial charge is 0.347 e. The maximum absolute atomic E-state index is 5.34. The predicted octanol–water partition coefficient (Wildman–Crippen LogP) is -0.959. The fourth-order valence-corrected chi connectivity index (χ4v) is 1.49. The van der Waals surface area contributed by atoms with E-state index in [-0.39, 0.29) is 17.8 Å². The Morgan fingerprint density at radius 1 is 1.24 bits per heavy atom. The van der Waals surface area contributed by atoms with Crippen molar-refractivity contribution in [3.63, 3.8) is 0 Å². The summed E-state index contributed by atoms with van der Waals surface area (Å²) in [5.74, 6) is 7.03. The Kier molecular flexibility index (Phi) is 3.34. The molecule has 4 N–H and O–H groups in total. The van der Waals surface area contributed by atoms with E-state index in [0.717, 1.165) is 0 Å². The number of rotatable bonds is 5. The summed E-state index contributed by atoms with van der Waals surface area (Å²) in [5.41, 5.74) is 2.36. The van der Waals surface area contributed by atoms with Crippen molar-refractivity contribution in [3.8, 4) is 5.95 Å². The molecule has 12 heteroatoms. The molecule has 0 aliphatic heterocycles. The summed E-state index contributed by atoms with van der Waals surface area (Å²) in [5, 5.41) is 10.6. The van der Waals surface area contributed by atoms with Crippen LogP contribution in [0.3, 0.4) is 0 Å². The zero-order valence-corrected chi connectivity index (χ0v) is 10.9. The fourth-order valence-electron chi connectivity index (χ4n) is 1.49. The molecule has 0 spiro atoms. The highest BCUT2D eigenvalue weighted by atomic mass is 16.5. The van der Waals surface area contributed by atoms with Crippen molar-refractivity contribution >= 4 is 11.9 Å². The van der Waals surface area contributed by atoms with Crippen LogP contribution >= 0.6 is 0 Å². The van der Waals surface area contributed by atoms with Gasteiger partial charge in [-0.15, -0.1) is 0 Å². The van der Waals surface area contributed by atoms with E-state index in [1.807, 2.05) is 0 Å². The first-order chi connectivity index (χ1) is 10.2. The van der Waals surface area contributed by atoms with Gasteiger partial charge in [0.2, 0.25) is 17.8 Å². The maximum Gasteiger partial charge on any atom is 0.258 e. The zero-order chi connectivity index (χ0) is 14.7. The molecule has 0 aromatic carbocycles. The lowest BCUT2D eigenvalue weighted by Crippen LogP contribution is -2.16. The third-order valence-corrected chi connectivity index (χ3v) is 2.35. The highest BCUT2D eigenvalue weighted by molar-refractivity contribution is 5.36. The van der Waals surface area contributed by atoms with Crippen LogP contribution in [0.1, 0.15) is 11.7 Å². The van der Waals surface area contributed by atoms with Gasteiger partial charge in [0.25, 0.3) is 5.95 Å². The minimum absolute atomic E-state index is 0.183. The molecule has 0 aliphatic rings. The fraction of sp³-hybridized carbons (Fsp3) is 0.222. The van der Waals surface area contributed by atoms with E-state index < -0.39 is 0 Å². The van der Waals surface area contributed by atoms with Crippen LogP contribution in [0.5, 0.6) is 0 Å². The number of nitrogens with two attached hydrogens (primary N) is 1. The minimum atomic E-state index is 0.183. The van der Waals surface area contributed by atoms with Crippen LogP contribution in [0, 0.1) is 6.92 Å². The standard InChI is InChI=1S/C9H11N11O/c1-5-14-6(19-21-5)2-12-7-15-8(18-10)17-9(16-7)20-4-11-3-13-20/h3-4H,2,10H2,1H3,(H2,12,15,16,17,18). The van der Waals surface area contributed by atoms with Crippen LogP contribution in [0.2, 0.25) is 0 Å². The average molecular weight is 289 g/mol. The van der Waals surface area contributed by atoms with Crippen molar-refractivity contribution in [1.82, 2.24) is 39.9 Å². The number of aromatic nitrogens is 8. The highest BCUT2D eigenvalue weighted by Crippen LogP contribution is 2.08. The third-order valence-electron chi connectivity index (χ3n) is 2.35. The van der Waals surface area contributed by atoms with Crippen molar-refractivity contribution in [1.29, 1.82) is 0 Å². The number of aryl methyl sites for hydroxylation is 1. The van der Waals surface area contributed by atoms with E-state index in [1.54, 1.807) is 6.92 Å². The van der Waals surface area contributed by atoms with Crippen molar-refractivity contribution < 1.29 is 4.52 Å². The van der Waals surface area contributed by atoms with Gasteiger partial charge in [0.05, 0.1) is 6.54 Å². The van der Waals surface area contributed by atoms with Gasteiger partial charge in [-0.3, -0.25) is 5.43 Å². The Labute approximate surface area is 117 Å². The van der Waals surface area contributed by atoms with Crippen LogP contribution < -0.4 is 16.6 Å². The summed E-state index contributed by atoms with van der Waals surface area (Å²) in [6, 6.07) is 0. The molecule has 0 saturated heterocycles. The van der Waals surface area contributed by atoms with Gasteiger partial charge in [-0.05, 0) is 0 Å². The first-order valence-corrected chi connectivity index (χ1v) is 5.85. The molecule has 3 rings (SSSR count). The van der Waals surface area contributed by atoms with Crippen molar-refractivity contribution in [2.45, 2.75) is 13.5 Å². The number of hydrogen-bond donors (Lipinski definition) is 3. The van der Waals surface area contributed by atoms with Crippen molar-refractivity contribution in [2.75, 3.05) is 10.7 Å². The quantitative estimate of drug-likeness (QED) is 0.392. The second kappa shape index (κ2) is 5.46. The molecular weight excluding hydrogens is 278 g/mol. The first kappa shape index (κ1) is 12.9. The number of nitrogens with one attached hydrogen (secondary N) is 2. The molecule has 3 heterocycles. The lowest BCUT2D eigenvalue weighted by atomic mass is 10.6. The SMILES string of the molecule is Cc1nc(CNc2nc(NN)nc(-n3cncn3)n2)no1. The molecular formula is C9H11N11O. The second-order valence-corrected chi connectivity index (χ2v) is 3.85. The van der Waals surface area contributed by atoms with E-state index in [4.69, 9.17) is 10.4 Å². The van der Waals surface area contributed by atoms with Gasteiger partial charge in [0.1, 0.15) is 12.7 Å². The van der Waals surface area contributed by atoms with Crippen molar-refractivity contribution in [2.24, 2.45) is 5.84 Å². The van der Waals surface area contributed by atoms with Gasteiger partial charge in [0, 0.05) is 6.92 Å². The molecule has 0 unspecified atom stereocenters. The Morgan fingerprint density at radius 2 is 2.10 bits per heavy atom. The van der Waals surface area contributed by atoms with Crippen molar-refractivity contribution in [3.05, 3.63) is 24.4 Å². The van der Waals surface area contributed by atoms with Crippen LogP contribution in [0.15, 0.2) is 17.2 Å². The summed E-state index contributed by atoms with van der Waals surface area (Å²) in [4.78, 5) is 20.2. The number of hydrazine groups is 1. The van der Waals surface area contributed by atoms with Gasteiger partial charge in [-0.2, -0.15) is 29.7 Å². The van der Waals surface area contributed by atoms with Crippen LogP contribution in [-0.4, -0.2) is 39.9 Å². The minimum Gasteiger partial charge on any atom is -0.347 e. The summed E-state index contributed by atoms with van der Waals surface area (Å²) >= 11 is 0. The molecule has 0 bridgehead atoms. The van der Waals surface area contributed by atoms with E-state index in [9.17, 15) is 0 Å². The third kappa shape index (κ3) is 2.89. The zero-order valence-electron chi connectivity index (χ0n) is 10.9. The van der Waals surface area contributed by atoms with Gasteiger partial charge in [-0.25, -0.2) is 10.8 Å². The smallest absolute Gasteiger partial charge is 0.258 e. The Balaban J connectivity index is 1.82. The Morgan fingerprint density at radius 3 is 2.76 bits per heavy atom. The molecule has 0 aliphatic carbocycles. The van der Waals surface area contributed by atoms with E-state index in [0.29, 0.717) is 18.3 Å². The molecule has 3 aromatic heterocycles. The summed E-state index contributed by atoms with van der Waals surface area (Å²) in [6.45, 7) is 2.00. The highest BCUT2D eigenvalue weighted by Gasteiger charge is 2.09. The molecule has 0 fully saturated rings. The van der Waals surface area contributed by atoms with Crippen LogP contribution in [0.4, 0.5) is 11.9 Å². The van der Waals surface area contributed by atoms with Gasteiger partial charge < -0.3 is 9.84 Å². The Hall–Kier alpha value is -3.15. The molecule has 108 valence electrons. The summed E-state index contributed by atoms with van der Waals surface area (Å²) in [6.07, 6.45) is 2.83. The summed E-state index contributed by atoms with van der Waals surface area (Å²) < 4.78 is 6.25. The normalized spacial score (nSPS) is 10.6. The molecule has 0 radical (unpaired) electrons. The van der Waals surface area contributed by atoms with E-state index in [1.165, 1.54) is 17.3 Å². The van der Waals surface area contributed by atoms with Crippen LogP contribution in [-0.2, 0) is 6.54 Å². The molecule has 0 atom stereocenters. The van der Waals surface area contributed by atoms with Gasteiger partial charge in [-0.1, -0.05) is 5.16 Å². The topological polar surface area (TPSA) is 158 Å². The predicted molar refractivity (Wildman–Crippen MR) is 68.9 cm³/mol. The van der Waals surface area contributed by atoms with Gasteiger partial charge in [0.15, 0.2) is 5.82 Å². The first-order valence-electron chi connectivity index (χ1n) is 5.85. The maximum atomic E-state index is 5.34. The monoisotopic (exact) mass is 289 g/mol. The molecule has 21 heavy (non-hydrogen) atoms. The van der Waals surface area contributed by atoms with E-state index in [2.05, 4.69) is 45.9 Å².